The van der Waals surface area contributed by atoms with Crippen LogP contribution in [0, 0.1) is 5.92 Å². The molecule has 4 aliphatic heterocycles. The van der Waals surface area contributed by atoms with Crippen LogP contribution in [0.4, 0.5) is 0 Å². The van der Waals surface area contributed by atoms with Gasteiger partial charge in [-0.1, -0.05) is 39.3 Å². The number of aliphatic hydroxyl groups excluding tert-OH is 2. The number of nitrogens with zero attached hydrogens (tertiary/aromatic N) is 1. The number of esters is 1. The minimum atomic E-state index is -1.21. The monoisotopic (exact) mass is 735 g/mol. The first-order chi connectivity index (χ1) is 24.6. The minimum Gasteiger partial charge on any atom is -0.481 e. The van der Waals surface area contributed by atoms with Gasteiger partial charge in [0, 0.05) is 85.7 Å². The highest BCUT2D eigenvalue weighted by Crippen LogP contribution is 2.57. The first-order valence-corrected chi connectivity index (χ1v) is 20.1. The third kappa shape index (κ3) is 6.51. The Morgan fingerprint density at radius 1 is 1.22 bits per heavy atom. The molecule has 1 amide bonds. The van der Waals surface area contributed by atoms with E-state index in [1.54, 1.807) is 40.7 Å². The summed E-state index contributed by atoms with van der Waals surface area (Å²) in [5.74, 6) is 1.65. The number of rotatable bonds is 7. The van der Waals surface area contributed by atoms with Crippen LogP contribution in [-0.4, -0.2) is 82.0 Å². The van der Waals surface area contributed by atoms with Crippen LogP contribution in [0.5, 0.6) is 5.75 Å². The maximum atomic E-state index is 13.9. The van der Waals surface area contributed by atoms with Crippen molar-refractivity contribution in [1.29, 1.82) is 0 Å². The SMILES string of the molecule is CC=C(CCO)C(=O)OC1(C)CC=C2CSSCC3CCN3C(=O)CC3=C(C=C(N)NC3)C2C12Cc1cc3cc(CCCO)c(=O)oc3cc1O2. The summed E-state index contributed by atoms with van der Waals surface area (Å²) in [6.45, 7) is 4.58. The first kappa shape index (κ1) is 35.7. The Kier molecular flexibility index (Phi) is 10.1. The zero-order valence-corrected chi connectivity index (χ0v) is 30.6. The summed E-state index contributed by atoms with van der Waals surface area (Å²) < 4.78 is 19.5. The summed E-state index contributed by atoms with van der Waals surface area (Å²) in [5.41, 5.74) is 8.65. The van der Waals surface area contributed by atoms with Crippen molar-refractivity contribution in [2.75, 3.05) is 37.8 Å². The zero-order chi connectivity index (χ0) is 35.9. The highest BCUT2D eigenvalue weighted by atomic mass is 33.1. The van der Waals surface area contributed by atoms with Crippen molar-refractivity contribution in [2.24, 2.45) is 11.7 Å². The maximum Gasteiger partial charge on any atom is 0.339 e. The number of ether oxygens (including phenoxy) is 2. The van der Waals surface area contributed by atoms with Crippen LogP contribution in [0.1, 0.15) is 57.1 Å². The lowest BCUT2D eigenvalue weighted by atomic mass is 9.61. The molecule has 0 bridgehead atoms. The molecule has 1 spiro atoms. The van der Waals surface area contributed by atoms with Crippen LogP contribution >= 0.6 is 21.6 Å². The maximum absolute atomic E-state index is 13.9. The Balaban J connectivity index is 1.40. The second-order valence-corrected chi connectivity index (χ2v) is 16.6. The van der Waals surface area contributed by atoms with Gasteiger partial charge >= 0.3 is 11.6 Å². The molecule has 0 radical (unpaired) electrons. The van der Waals surface area contributed by atoms with Crippen molar-refractivity contribution in [3.63, 3.8) is 0 Å². The molecule has 272 valence electrons. The fourth-order valence-corrected chi connectivity index (χ4v) is 10.7. The zero-order valence-electron chi connectivity index (χ0n) is 29.0. The van der Waals surface area contributed by atoms with Gasteiger partial charge in [0.2, 0.25) is 5.91 Å². The van der Waals surface area contributed by atoms with Crippen LogP contribution in [0.2, 0.25) is 0 Å². The standard InChI is InChI=1S/C38H45N3O8S2/c1-3-22(8-12-43)36(46)49-37(2)9-6-24-20-50-51-21-28-7-10-41(28)33(44)15-27-19-40-32(39)16-29(27)34(24)38(37)18-26-14-25-13-23(5-4-11-42)35(45)47-30(25)17-31(26)48-38/h3,6,13-14,16-17,28,34,40,42-43H,4-5,7-12,15,18-21,39H2,1-2H3. The molecule has 4 atom stereocenters. The molecule has 11 nitrogen and oxygen atoms in total. The van der Waals surface area contributed by atoms with E-state index in [4.69, 9.17) is 19.6 Å². The molecule has 13 heteroatoms. The summed E-state index contributed by atoms with van der Waals surface area (Å²) in [5, 5.41) is 23.1. The molecular formula is C38H45N3O8S2. The summed E-state index contributed by atoms with van der Waals surface area (Å²) in [7, 11) is 3.52. The molecule has 2 aromatic rings. The number of carbonyl (C=O) groups is 2. The molecule has 1 saturated heterocycles. The lowest BCUT2D eigenvalue weighted by Gasteiger charge is -2.53. The van der Waals surface area contributed by atoms with E-state index in [9.17, 15) is 24.6 Å². The number of aliphatic hydroxyl groups is 2. The molecule has 1 fully saturated rings. The highest BCUT2D eigenvalue weighted by molar-refractivity contribution is 8.76. The van der Waals surface area contributed by atoms with Crippen LogP contribution in [0.25, 0.3) is 11.0 Å². The largest absolute Gasteiger partial charge is 0.481 e. The molecule has 4 unspecified atom stereocenters. The fourth-order valence-electron chi connectivity index (χ4n) is 8.13. The topological polar surface area (TPSA) is 165 Å². The second-order valence-electron chi connectivity index (χ2n) is 14.1. The number of hydrogen-bond donors (Lipinski definition) is 4. The quantitative estimate of drug-likeness (QED) is 0.106. The number of nitrogens with one attached hydrogen (secondary N) is 1. The average Bonchev–Trinajstić information content (AvgIpc) is 3.45. The van der Waals surface area contributed by atoms with Gasteiger partial charge in [0.1, 0.15) is 11.3 Å². The van der Waals surface area contributed by atoms with E-state index in [1.165, 1.54) is 0 Å². The molecule has 1 aromatic heterocycles. The summed E-state index contributed by atoms with van der Waals surface area (Å²) in [6, 6.07) is 5.77. The van der Waals surface area contributed by atoms with Crippen LogP contribution in [0.15, 0.2) is 73.8 Å². The van der Waals surface area contributed by atoms with Crippen molar-refractivity contribution in [3.8, 4) is 5.75 Å². The number of carbonyl (C=O) groups excluding carboxylic acids is 2. The molecule has 1 aliphatic carbocycles. The number of aryl methyl sites for hydroxylation is 1. The Hall–Kier alpha value is -3.65. The second kappa shape index (κ2) is 14.4. The summed E-state index contributed by atoms with van der Waals surface area (Å²) >= 11 is 0. The van der Waals surface area contributed by atoms with E-state index in [-0.39, 0.29) is 38.0 Å². The van der Waals surface area contributed by atoms with Crippen LogP contribution < -0.4 is 21.4 Å². The Morgan fingerprint density at radius 2 is 2.06 bits per heavy atom. The molecule has 5 N–H and O–H groups in total. The minimum absolute atomic E-state index is 0.0346. The summed E-state index contributed by atoms with van der Waals surface area (Å²) in [4.78, 5) is 42.5. The van der Waals surface area contributed by atoms with Gasteiger partial charge in [-0.05, 0) is 68.0 Å². The lowest BCUT2D eigenvalue weighted by molar-refractivity contribution is -0.186. The van der Waals surface area contributed by atoms with Gasteiger partial charge in [-0.25, -0.2) is 9.59 Å². The van der Waals surface area contributed by atoms with E-state index in [1.807, 2.05) is 30.0 Å². The predicted octanol–water partition coefficient (Wildman–Crippen LogP) is 4.05. The normalized spacial score (nSPS) is 27.8. The van der Waals surface area contributed by atoms with Gasteiger partial charge in [-0.2, -0.15) is 0 Å². The lowest BCUT2D eigenvalue weighted by Crippen LogP contribution is -2.65. The molecule has 51 heavy (non-hydrogen) atoms. The van der Waals surface area contributed by atoms with Gasteiger partial charge in [-0.3, -0.25) is 4.79 Å². The van der Waals surface area contributed by atoms with Crippen molar-refractivity contribution in [1.82, 2.24) is 10.2 Å². The number of nitrogens with two attached hydrogens (primary N) is 1. The fraction of sp³-hybridized carbons (Fsp3) is 0.500. The van der Waals surface area contributed by atoms with Crippen LogP contribution in [-0.2, 0) is 27.2 Å². The smallest absolute Gasteiger partial charge is 0.339 e. The molecule has 1 aromatic carbocycles. The number of fused-ring (bicyclic) bond motifs is 6. The number of allylic oxidation sites excluding steroid dienone is 2. The average molecular weight is 736 g/mol. The van der Waals surface area contributed by atoms with Gasteiger partial charge in [0.05, 0.1) is 18.2 Å². The molecule has 7 rings (SSSR count). The Labute approximate surface area is 304 Å². The van der Waals surface area contributed by atoms with Gasteiger partial charge < -0.3 is 40.1 Å². The summed E-state index contributed by atoms with van der Waals surface area (Å²) in [6.07, 6.45) is 8.69. The van der Waals surface area contributed by atoms with Gasteiger partial charge in [0.15, 0.2) is 11.2 Å². The molecular weight excluding hydrogens is 691 g/mol. The van der Waals surface area contributed by atoms with E-state index < -0.39 is 28.7 Å². The number of benzene rings is 1. The van der Waals surface area contributed by atoms with Crippen molar-refractivity contribution >= 4 is 44.4 Å². The van der Waals surface area contributed by atoms with E-state index in [0.29, 0.717) is 66.3 Å². The van der Waals surface area contributed by atoms with Gasteiger partial charge in [-0.15, -0.1) is 0 Å². The number of hydrogen-bond acceptors (Lipinski definition) is 12. The third-order valence-corrected chi connectivity index (χ3v) is 13.5. The predicted molar refractivity (Wildman–Crippen MR) is 198 cm³/mol. The number of amides is 1. The molecule has 5 aliphatic rings. The van der Waals surface area contributed by atoms with Crippen molar-refractivity contribution in [2.45, 2.75) is 76.0 Å². The Bertz CT molecular complexity index is 1930. The first-order valence-electron chi connectivity index (χ1n) is 17.6. The molecule has 5 heterocycles. The van der Waals surface area contributed by atoms with Gasteiger partial charge in [0.25, 0.3) is 0 Å². The Morgan fingerprint density at radius 3 is 2.80 bits per heavy atom. The third-order valence-electron chi connectivity index (χ3n) is 11.1. The molecule has 0 saturated carbocycles. The van der Waals surface area contributed by atoms with E-state index >= 15 is 0 Å². The van der Waals surface area contributed by atoms with Crippen LogP contribution in [0.3, 0.4) is 0 Å². The van der Waals surface area contributed by atoms with Crippen molar-refractivity contribution in [3.05, 3.63) is 86.1 Å². The highest BCUT2D eigenvalue weighted by Gasteiger charge is 2.64. The van der Waals surface area contributed by atoms with Crippen molar-refractivity contribution < 1.29 is 33.7 Å². The number of dihydropyridines is 1. The van der Waals surface area contributed by atoms with E-state index in [0.717, 1.165) is 46.4 Å². The van der Waals surface area contributed by atoms with E-state index in [2.05, 4.69) is 11.4 Å².